The minimum Gasteiger partial charge on any atom is -0.450 e. The molecule has 1 atom stereocenters. The summed E-state index contributed by atoms with van der Waals surface area (Å²) in [5.41, 5.74) is 1.06. The highest BCUT2D eigenvalue weighted by molar-refractivity contribution is 9.10. The van der Waals surface area contributed by atoms with Gasteiger partial charge in [-0.1, -0.05) is 41.4 Å². The third-order valence-corrected chi connectivity index (χ3v) is 2.96. The minimum absolute atomic E-state index is 0.0442. The van der Waals surface area contributed by atoms with Gasteiger partial charge in [0, 0.05) is 4.47 Å². The molecule has 0 aliphatic carbocycles. The Labute approximate surface area is 111 Å². The fourth-order valence-electron chi connectivity index (χ4n) is 1.36. The second-order valence-electron chi connectivity index (χ2n) is 3.91. The third kappa shape index (κ3) is 5.22. The van der Waals surface area contributed by atoms with Crippen LogP contribution in [0.2, 0.25) is 0 Å². The number of hydrogen-bond donors (Lipinski definition) is 1. The molecule has 0 aliphatic heterocycles. The van der Waals surface area contributed by atoms with Gasteiger partial charge < -0.3 is 10.1 Å². The molecule has 1 amide bonds. The summed E-state index contributed by atoms with van der Waals surface area (Å²) in [6.07, 6.45) is 1.57. The second kappa shape index (κ2) is 7.33. The van der Waals surface area contributed by atoms with Crippen LogP contribution in [-0.2, 0) is 4.74 Å². The highest BCUT2D eigenvalue weighted by Gasteiger charge is 2.09. The Bertz CT molecular complexity index is 351. The van der Waals surface area contributed by atoms with Gasteiger partial charge in [0.2, 0.25) is 0 Å². The fourth-order valence-corrected chi connectivity index (χ4v) is 1.63. The first-order valence-corrected chi connectivity index (χ1v) is 6.61. The van der Waals surface area contributed by atoms with E-state index in [1.54, 1.807) is 0 Å². The Morgan fingerprint density at radius 2 is 2.06 bits per heavy atom. The summed E-state index contributed by atoms with van der Waals surface area (Å²) in [6.45, 7) is 4.48. The molecular formula is C13H18BrNO2. The number of halogens is 1. The van der Waals surface area contributed by atoms with Crippen molar-refractivity contribution in [3.8, 4) is 0 Å². The lowest BCUT2D eigenvalue weighted by Crippen LogP contribution is -2.27. The average Bonchev–Trinajstić information content (AvgIpc) is 2.30. The van der Waals surface area contributed by atoms with Gasteiger partial charge in [-0.05, 0) is 31.0 Å². The van der Waals surface area contributed by atoms with Gasteiger partial charge in [-0.2, -0.15) is 0 Å². The number of amides is 1. The van der Waals surface area contributed by atoms with Crippen LogP contribution in [0.25, 0.3) is 0 Å². The standard InChI is InChI=1S/C13H18BrNO2/c1-3-4-9-17-13(16)15-10(2)11-5-7-12(14)8-6-11/h5-8,10H,3-4,9H2,1-2H3,(H,15,16). The lowest BCUT2D eigenvalue weighted by Gasteiger charge is -2.14. The van der Waals surface area contributed by atoms with Crippen molar-refractivity contribution < 1.29 is 9.53 Å². The number of hydrogen-bond acceptors (Lipinski definition) is 2. The van der Waals surface area contributed by atoms with E-state index in [-0.39, 0.29) is 12.1 Å². The molecule has 0 saturated carbocycles. The molecule has 1 aromatic rings. The minimum atomic E-state index is -0.353. The molecule has 94 valence electrons. The molecule has 3 nitrogen and oxygen atoms in total. The van der Waals surface area contributed by atoms with Crippen molar-refractivity contribution in [2.45, 2.75) is 32.7 Å². The van der Waals surface area contributed by atoms with E-state index in [0.717, 1.165) is 22.9 Å². The number of carbonyl (C=O) groups excluding carboxylic acids is 1. The van der Waals surface area contributed by atoms with Crippen LogP contribution in [0, 0.1) is 0 Å². The molecule has 1 aromatic carbocycles. The van der Waals surface area contributed by atoms with Crippen molar-refractivity contribution in [2.75, 3.05) is 6.61 Å². The van der Waals surface area contributed by atoms with Crippen molar-refractivity contribution in [1.82, 2.24) is 5.32 Å². The van der Waals surface area contributed by atoms with Crippen LogP contribution < -0.4 is 5.32 Å². The van der Waals surface area contributed by atoms with Crippen LogP contribution in [0.5, 0.6) is 0 Å². The topological polar surface area (TPSA) is 38.3 Å². The molecule has 1 N–H and O–H groups in total. The van der Waals surface area contributed by atoms with E-state index in [4.69, 9.17) is 4.74 Å². The number of carbonyl (C=O) groups is 1. The quantitative estimate of drug-likeness (QED) is 0.834. The van der Waals surface area contributed by atoms with Gasteiger partial charge in [0.15, 0.2) is 0 Å². The first-order valence-electron chi connectivity index (χ1n) is 5.82. The maximum Gasteiger partial charge on any atom is 0.407 e. The molecule has 0 fully saturated rings. The summed E-state index contributed by atoms with van der Waals surface area (Å²) in [6, 6.07) is 7.81. The maximum absolute atomic E-state index is 11.4. The number of nitrogens with one attached hydrogen (secondary N) is 1. The van der Waals surface area contributed by atoms with Crippen molar-refractivity contribution in [1.29, 1.82) is 0 Å². The second-order valence-corrected chi connectivity index (χ2v) is 4.82. The van der Waals surface area contributed by atoms with Crippen LogP contribution in [0.3, 0.4) is 0 Å². The monoisotopic (exact) mass is 299 g/mol. The average molecular weight is 300 g/mol. The fraction of sp³-hybridized carbons (Fsp3) is 0.462. The Morgan fingerprint density at radius 3 is 2.65 bits per heavy atom. The number of alkyl carbamates (subject to hydrolysis) is 1. The largest absolute Gasteiger partial charge is 0.450 e. The zero-order chi connectivity index (χ0) is 12.7. The van der Waals surface area contributed by atoms with Gasteiger partial charge in [0.1, 0.15) is 0 Å². The van der Waals surface area contributed by atoms with E-state index in [9.17, 15) is 4.79 Å². The molecule has 0 aromatic heterocycles. The SMILES string of the molecule is CCCCOC(=O)NC(C)c1ccc(Br)cc1. The van der Waals surface area contributed by atoms with Gasteiger partial charge in [0.25, 0.3) is 0 Å². The molecule has 0 aliphatic rings. The van der Waals surface area contributed by atoms with E-state index in [1.807, 2.05) is 31.2 Å². The first-order chi connectivity index (χ1) is 8.13. The summed E-state index contributed by atoms with van der Waals surface area (Å²) in [4.78, 5) is 11.4. The van der Waals surface area contributed by atoms with Crippen molar-refractivity contribution in [3.05, 3.63) is 34.3 Å². The van der Waals surface area contributed by atoms with Crippen molar-refractivity contribution >= 4 is 22.0 Å². The molecule has 1 unspecified atom stereocenters. The van der Waals surface area contributed by atoms with Gasteiger partial charge in [-0.25, -0.2) is 4.79 Å². The van der Waals surface area contributed by atoms with E-state index < -0.39 is 0 Å². The van der Waals surface area contributed by atoms with E-state index in [1.165, 1.54) is 0 Å². The highest BCUT2D eigenvalue weighted by atomic mass is 79.9. The number of unbranched alkanes of at least 4 members (excludes halogenated alkanes) is 1. The lowest BCUT2D eigenvalue weighted by molar-refractivity contribution is 0.141. The number of benzene rings is 1. The molecule has 0 saturated heterocycles. The van der Waals surface area contributed by atoms with Crippen molar-refractivity contribution in [3.63, 3.8) is 0 Å². The highest BCUT2D eigenvalue weighted by Crippen LogP contribution is 2.16. The first kappa shape index (κ1) is 14.0. The smallest absolute Gasteiger partial charge is 0.407 e. The maximum atomic E-state index is 11.4. The molecule has 1 rings (SSSR count). The van der Waals surface area contributed by atoms with E-state index >= 15 is 0 Å². The molecule has 4 heteroatoms. The Hall–Kier alpha value is -1.03. The van der Waals surface area contributed by atoms with E-state index in [2.05, 4.69) is 28.2 Å². The molecule has 17 heavy (non-hydrogen) atoms. The van der Waals surface area contributed by atoms with Crippen molar-refractivity contribution in [2.24, 2.45) is 0 Å². The van der Waals surface area contributed by atoms with Gasteiger partial charge in [-0.15, -0.1) is 0 Å². The van der Waals surface area contributed by atoms with Gasteiger partial charge in [0.05, 0.1) is 12.6 Å². The zero-order valence-electron chi connectivity index (χ0n) is 10.2. The summed E-state index contributed by atoms with van der Waals surface area (Å²) in [5.74, 6) is 0. The van der Waals surface area contributed by atoms with Gasteiger partial charge >= 0.3 is 6.09 Å². The molecular weight excluding hydrogens is 282 g/mol. The summed E-state index contributed by atoms with van der Waals surface area (Å²) in [5, 5.41) is 2.80. The number of ether oxygens (including phenoxy) is 1. The summed E-state index contributed by atoms with van der Waals surface area (Å²) < 4.78 is 6.07. The summed E-state index contributed by atoms with van der Waals surface area (Å²) >= 11 is 3.38. The van der Waals surface area contributed by atoms with Crippen LogP contribution in [0.15, 0.2) is 28.7 Å². The summed E-state index contributed by atoms with van der Waals surface area (Å²) in [7, 11) is 0. The molecule has 0 radical (unpaired) electrons. The Balaban J connectivity index is 2.40. The number of rotatable bonds is 5. The third-order valence-electron chi connectivity index (χ3n) is 2.44. The lowest BCUT2D eigenvalue weighted by atomic mass is 10.1. The normalized spacial score (nSPS) is 11.9. The Kier molecular flexibility index (Phi) is 6.05. The van der Waals surface area contributed by atoms with Crippen LogP contribution in [0.4, 0.5) is 4.79 Å². The van der Waals surface area contributed by atoms with Gasteiger partial charge in [-0.3, -0.25) is 0 Å². The zero-order valence-corrected chi connectivity index (χ0v) is 11.8. The molecule has 0 heterocycles. The van der Waals surface area contributed by atoms with E-state index in [0.29, 0.717) is 6.61 Å². The Morgan fingerprint density at radius 1 is 1.41 bits per heavy atom. The van der Waals surface area contributed by atoms with Crippen LogP contribution in [-0.4, -0.2) is 12.7 Å². The predicted octanol–water partition coefficient (Wildman–Crippen LogP) is 4.04. The molecule has 0 spiro atoms. The van der Waals surface area contributed by atoms with Crippen LogP contribution >= 0.6 is 15.9 Å². The molecule has 0 bridgehead atoms. The van der Waals surface area contributed by atoms with Crippen LogP contribution in [0.1, 0.15) is 38.3 Å². The predicted molar refractivity (Wildman–Crippen MR) is 71.9 cm³/mol.